The summed E-state index contributed by atoms with van der Waals surface area (Å²) in [5.74, 6) is -3.22. The Morgan fingerprint density at radius 2 is 1.93 bits per heavy atom. The minimum Gasteiger partial charge on any atom is -0.501 e. The summed E-state index contributed by atoms with van der Waals surface area (Å²) in [7, 11) is 0. The second kappa shape index (κ2) is 7.42. The zero-order chi connectivity index (χ0) is 19.6. The van der Waals surface area contributed by atoms with Gasteiger partial charge >= 0.3 is 5.97 Å². The zero-order valence-corrected chi connectivity index (χ0v) is 14.9. The van der Waals surface area contributed by atoms with E-state index in [1.807, 2.05) is 30.3 Å². The van der Waals surface area contributed by atoms with Gasteiger partial charge in [0.2, 0.25) is 11.7 Å². The standard InChI is InChI=1S/C18H15N3O5S/c1-9(10-5-3-2-4-6-10)16(23)19-11-7-8-27-14(11)15-20-12(18(25)26)13(22)17(24)21-15/h2-9,22H,1H3,(H,19,23)(H,25,26)(H,20,21,24)/t9-/m1/s1. The highest BCUT2D eigenvalue weighted by atomic mass is 32.1. The van der Waals surface area contributed by atoms with Crippen LogP contribution >= 0.6 is 11.3 Å². The van der Waals surface area contributed by atoms with Crippen LogP contribution in [-0.2, 0) is 4.79 Å². The molecule has 138 valence electrons. The first-order valence-corrected chi connectivity index (χ1v) is 8.76. The minimum absolute atomic E-state index is 0.0483. The monoisotopic (exact) mass is 385 g/mol. The Bertz CT molecular complexity index is 1060. The highest BCUT2D eigenvalue weighted by Crippen LogP contribution is 2.32. The van der Waals surface area contributed by atoms with Gasteiger partial charge in [-0.3, -0.25) is 9.59 Å². The third-order valence-electron chi connectivity index (χ3n) is 3.93. The number of H-pyrrole nitrogens is 1. The molecule has 1 aromatic carbocycles. The van der Waals surface area contributed by atoms with Crippen LogP contribution in [0.25, 0.3) is 10.7 Å². The summed E-state index contributed by atoms with van der Waals surface area (Å²) < 4.78 is 0. The number of carbonyl (C=O) groups is 2. The molecule has 9 heteroatoms. The maximum absolute atomic E-state index is 12.6. The SMILES string of the molecule is C[C@@H](C(=O)Nc1ccsc1-c1nc(C(=O)O)c(O)c(=O)[nH]1)c1ccccc1. The van der Waals surface area contributed by atoms with E-state index < -0.39 is 28.9 Å². The van der Waals surface area contributed by atoms with E-state index in [0.29, 0.717) is 10.6 Å². The molecule has 2 heterocycles. The van der Waals surface area contributed by atoms with Crippen molar-refractivity contribution >= 4 is 28.9 Å². The molecule has 0 spiro atoms. The fourth-order valence-electron chi connectivity index (χ4n) is 2.45. The summed E-state index contributed by atoms with van der Waals surface area (Å²) in [6, 6.07) is 10.9. The van der Waals surface area contributed by atoms with Gasteiger partial charge in [-0.15, -0.1) is 11.3 Å². The van der Waals surface area contributed by atoms with Gasteiger partial charge in [-0.05, 0) is 23.9 Å². The van der Waals surface area contributed by atoms with Gasteiger partial charge in [0, 0.05) is 0 Å². The Hall–Kier alpha value is -3.46. The number of nitrogens with zero attached hydrogens (tertiary/aromatic N) is 1. The highest BCUT2D eigenvalue weighted by Gasteiger charge is 2.21. The fraction of sp³-hybridized carbons (Fsp3) is 0.111. The van der Waals surface area contributed by atoms with Gasteiger partial charge in [-0.1, -0.05) is 30.3 Å². The average Bonchev–Trinajstić information content (AvgIpc) is 3.11. The maximum Gasteiger partial charge on any atom is 0.358 e. The molecule has 8 nitrogen and oxygen atoms in total. The predicted octanol–water partition coefficient (Wildman–Crippen LogP) is 2.64. The number of carbonyl (C=O) groups excluding carboxylic acids is 1. The number of hydrogen-bond acceptors (Lipinski definition) is 6. The lowest BCUT2D eigenvalue weighted by atomic mass is 10.0. The molecule has 0 saturated heterocycles. The number of anilines is 1. The molecule has 0 radical (unpaired) electrons. The lowest BCUT2D eigenvalue weighted by Crippen LogP contribution is -2.19. The summed E-state index contributed by atoms with van der Waals surface area (Å²) >= 11 is 1.17. The van der Waals surface area contributed by atoms with Crippen LogP contribution in [0, 0.1) is 0 Å². The normalized spacial score (nSPS) is 11.7. The number of carboxylic acid groups (broad SMARTS) is 1. The Balaban J connectivity index is 1.92. The summed E-state index contributed by atoms with van der Waals surface area (Å²) in [6.45, 7) is 1.76. The van der Waals surface area contributed by atoms with Crippen LogP contribution in [0.2, 0.25) is 0 Å². The number of aromatic amines is 1. The second-order valence-corrected chi connectivity index (χ2v) is 6.62. The van der Waals surface area contributed by atoms with E-state index >= 15 is 0 Å². The molecule has 4 N–H and O–H groups in total. The van der Waals surface area contributed by atoms with Crippen molar-refractivity contribution < 1.29 is 19.8 Å². The van der Waals surface area contributed by atoms with E-state index in [9.17, 15) is 19.5 Å². The van der Waals surface area contributed by atoms with Crippen molar-refractivity contribution in [3.05, 3.63) is 63.4 Å². The van der Waals surface area contributed by atoms with Crippen molar-refractivity contribution in [1.82, 2.24) is 9.97 Å². The van der Waals surface area contributed by atoms with E-state index in [-0.39, 0.29) is 11.7 Å². The Morgan fingerprint density at radius 1 is 1.22 bits per heavy atom. The molecule has 0 unspecified atom stereocenters. The van der Waals surface area contributed by atoms with Crippen LogP contribution < -0.4 is 10.9 Å². The van der Waals surface area contributed by atoms with Crippen molar-refractivity contribution in [3.8, 4) is 16.5 Å². The number of aromatic hydroxyl groups is 1. The van der Waals surface area contributed by atoms with Gasteiger partial charge in [-0.25, -0.2) is 9.78 Å². The Kier molecular flexibility index (Phi) is 5.04. The maximum atomic E-state index is 12.6. The molecule has 0 bridgehead atoms. The quantitative estimate of drug-likeness (QED) is 0.534. The smallest absolute Gasteiger partial charge is 0.358 e. The summed E-state index contributed by atoms with van der Waals surface area (Å²) in [5, 5.41) is 23.1. The molecule has 0 aliphatic heterocycles. The number of thiophene rings is 1. The van der Waals surface area contributed by atoms with Crippen molar-refractivity contribution in [2.24, 2.45) is 0 Å². The molecule has 1 amide bonds. The third-order valence-corrected chi connectivity index (χ3v) is 4.85. The van der Waals surface area contributed by atoms with Gasteiger partial charge in [0.15, 0.2) is 11.5 Å². The van der Waals surface area contributed by atoms with Crippen LogP contribution in [0.4, 0.5) is 5.69 Å². The fourth-order valence-corrected chi connectivity index (χ4v) is 3.24. The van der Waals surface area contributed by atoms with Crippen molar-refractivity contribution in [2.45, 2.75) is 12.8 Å². The largest absolute Gasteiger partial charge is 0.501 e. The first-order valence-electron chi connectivity index (χ1n) is 7.88. The van der Waals surface area contributed by atoms with E-state index in [4.69, 9.17) is 5.11 Å². The van der Waals surface area contributed by atoms with Crippen molar-refractivity contribution in [1.29, 1.82) is 0 Å². The van der Waals surface area contributed by atoms with E-state index in [1.165, 1.54) is 11.3 Å². The lowest BCUT2D eigenvalue weighted by Gasteiger charge is -2.13. The summed E-state index contributed by atoms with van der Waals surface area (Å²) in [4.78, 5) is 42.0. The van der Waals surface area contributed by atoms with Crippen molar-refractivity contribution in [2.75, 3.05) is 5.32 Å². The molecule has 2 aromatic heterocycles. The van der Waals surface area contributed by atoms with Gasteiger partial charge in [0.25, 0.3) is 5.56 Å². The molecule has 0 saturated carbocycles. The zero-order valence-electron chi connectivity index (χ0n) is 14.1. The highest BCUT2D eigenvalue weighted by molar-refractivity contribution is 7.14. The van der Waals surface area contributed by atoms with E-state index in [2.05, 4.69) is 15.3 Å². The first kappa shape index (κ1) is 18.3. The van der Waals surface area contributed by atoms with Gasteiger partial charge in [-0.2, -0.15) is 0 Å². The first-order chi connectivity index (χ1) is 12.9. The van der Waals surface area contributed by atoms with E-state index in [0.717, 1.165) is 5.56 Å². The number of benzene rings is 1. The molecular formula is C18H15N3O5S. The topological polar surface area (TPSA) is 132 Å². The number of carboxylic acids is 1. The molecule has 0 aliphatic carbocycles. The molecule has 3 rings (SSSR count). The molecular weight excluding hydrogens is 370 g/mol. The van der Waals surface area contributed by atoms with Crippen LogP contribution in [0.5, 0.6) is 5.75 Å². The molecule has 3 aromatic rings. The molecule has 0 aliphatic rings. The van der Waals surface area contributed by atoms with Crippen molar-refractivity contribution in [3.63, 3.8) is 0 Å². The summed E-state index contributed by atoms with van der Waals surface area (Å²) in [6.07, 6.45) is 0. The number of amides is 1. The number of aromatic nitrogens is 2. The molecule has 27 heavy (non-hydrogen) atoms. The summed E-state index contributed by atoms with van der Waals surface area (Å²) in [5.41, 5.74) is -0.494. The molecule has 0 fully saturated rings. The van der Waals surface area contributed by atoms with Gasteiger partial charge in [0.05, 0.1) is 16.5 Å². The Morgan fingerprint density at radius 3 is 2.59 bits per heavy atom. The van der Waals surface area contributed by atoms with Gasteiger partial charge in [0.1, 0.15) is 0 Å². The number of rotatable bonds is 5. The lowest BCUT2D eigenvalue weighted by molar-refractivity contribution is -0.117. The van der Waals surface area contributed by atoms with Gasteiger partial charge < -0.3 is 20.5 Å². The number of nitrogens with one attached hydrogen (secondary N) is 2. The number of aromatic carboxylic acids is 1. The van der Waals surface area contributed by atoms with E-state index in [1.54, 1.807) is 18.4 Å². The van der Waals surface area contributed by atoms with Crippen LogP contribution in [0.1, 0.15) is 28.9 Å². The second-order valence-electron chi connectivity index (χ2n) is 5.70. The molecule has 1 atom stereocenters. The predicted molar refractivity (Wildman–Crippen MR) is 100 cm³/mol. The average molecular weight is 385 g/mol. The van der Waals surface area contributed by atoms with Crippen LogP contribution in [-0.4, -0.2) is 32.1 Å². The number of hydrogen-bond donors (Lipinski definition) is 4. The minimum atomic E-state index is -1.53. The third kappa shape index (κ3) is 3.72. The van der Waals surface area contributed by atoms with Crippen LogP contribution in [0.15, 0.2) is 46.6 Å². The van der Waals surface area contributed by atoms with Crippen LogP contribution in [0.3, 0.4) is 0 Å². The Labute approximate surface area is 157 Å².